The van der Waals surface area contributed by atoms with Gasteiger partial charge in [-0.05, 0) is 62.4 Å². The molecule has 0 spiro atoms. The summed E-state index contributed by atoms with van der Waals surface area (Å²) >= 11 is 0. The minimum Gasteiger partial charge on any atom is -0.457 e. The predicted molar refractivity (Wildman–Crippen MR) is 110 cm³/mol. The van der Waals surface area contributed by atoms with Crippen LogP contribution in [0.15, 0.2) is 53.4 Å². The molecule has 0 bridgehead atoms. The number of ether oxygens (including phenoxy) is 4. The Morgan fingerprint density at radius 2 is 1.65 bits per heavy atom. The molecule has 1 heterocycles. The van der Waals surface area contributed by atoms with E-state index in [4.69, 9.17) is 14.2 Å². The van der Waals surface area contributed by atoms with E-state index in [9.17, 15) is 31.6 Å². The minimum atomic E-state index is -4.81. The largest absolute Gasteiger partial charge is 0.573 e. The maximum Gasteiger partial charge on any atom is 0.573 e. The molecule has 34 heavy (non-hydrogen) atoms. The van der Waals surface area contributed by atoms with Gasteiger partial charge in [0.2, 0.25) is 6.41 Å². The topological polar surface area (TPSA) is 112 Å². The smallest absolute Gasteiger partial charge is 0.457 e. The maximum atomic E-state index is 12.9. The standard InChI is InChI=1S/C21H22F3NO8S/c1-20(2)30-11-19(33-20)18(25(27)13-26)12-34(28,29)17-9-7-15(8-10-17)31-14-3-5-16(6-4-14)32-21(22,23)24/h3-10,13,18-19,27H,11-12H2,1-2H3. The molecule has 1 saturated heterocycles. The molecule has 0 aromatic heterocycles. The van der Waals surface area contributed by atoms with Crippen molar-refractivity contribution in [2.45, 2.75) is 43.0 Å². The summed E-state index contributed by atoms with van der Waals surface area (Å²) in [6.07, 6.45) is -5.59. The van der Waals surface area contributed by atoms with Crippen molar-refractivity contribution in [1.29, 1.82) is 0 Å². The molecular weight excluding hydrogens is 483 g/mol. The Morgan fingerprint density at radius 1 is 1.12 bits per heavy atom. The van der Waals surface area contributed by atoms with Gasteiger partial charge in [0.25, 0.3) is 0 Å². The van der Waals surface area contributed by atoms with Gasteiger partial charge in [-0.3, -0.25) is 10.0 Å². The van der Waals surface area contributed by atoms with Crippen molar-refractivity contribution in [2.75, 3.05) is 12.4 Å². The van der Waals surface area contributed by atoms with Crippen molar-refractivity contribution in [1.82, 2.24) is 5.06 Å². The first-order chi connectivity index (χ1) is 15.8. The molecule has 9 nitrogen and oxygen atoms in total. The summed E-state index contributed by atoms with van der Waals surface area (Å²) in [7, 11) is -3.98. The Bertz CT molecular complexity index is 1090. The Morgan fingerprint density at radius 3 is 2.12 bits per heavy atom. The maximum absolute atomic E-state index is 12.9. The van der Waals surface area contributed by atoms with Gasteiger partial charge in [0.15, 0.2) is 15.6 Å². The Labute approximate surface area is 193 Å². The summed E-state index contributed by atoms with van der Waals surface area (Å²) in [5.41, 5.74) is 0. The fraction of sp³-hybridized carbons (Fsp3) is 0.381. The third-order valence-corrected chi connectivity index (χ3v) is 6.54. The molecule has 0 saturated carbocycles. The van der Waals surface area contributed by atoms with Crippen LogP contribution in [0.25, 0.3) is 0 Å². The van der Waals surface area contributed by atoms with Crippen LogP contribution in [0.4, 0.5) is 13.2 Å². The molecule has 2 atom stereocenters. The van der Waals surface area contributed by atoms with Crippen molar-refractivity contribution in [3.05, 3.63) is 48.5 Å². The summed E-state index contributed by atoms with van der Waals surface area (Å²) in [6, 6.07) is 8.71. The SMILES string of the molecule is CC1(C)OCC(C(CS(=O)(=O)c2ccc(Oc3ccc(OC(F)(F)F)cc3)cc2)N(O)C=O)O1. The lowest BCUT2D eigenvalue weighted by Gasteiger charge is -2.27. The van der Waals surface area contributed by atoms with Crippen LogP contribution in [0.1, 0.15) is 13.8 Å². The average molecular weight is 505 g/mol. The van der Waals surface area contributed by atoms with Gasteiger partial charge in [0, 0.05) is 0 Å². The second-order valence-corrected chi connectivity index (χ2v) is 9.83. The molecule has 186 valence electrons. The monoisotopic (exact) mass is 505 g/mol. The number of hydrogen-bond acceptors (Lipinski definition) is 8. The van der Waals surface area contributed by atoms with E-state index in [-0.39, 0.29) is 34.5 Å². The number of carbonyl (C=O) groups is 1. The second kappa shape index (κ2) is 9.78. The van der Waals surface area contributed by atoms with Gasteiger partial charge in [-0.25, -0.2) is 13.5 Å². The van der Waals surface area contributed by atoms with Gasteiger partial charge in [-0.15, -0.1) is 13.2 Å². The average Bonchev–Trinajstić information content (AvgIpc) is 3.11. The normalized spacial score (nSPS) is 18.8. The van der Waals surface area contributed by atoms with Crippen LogP contribution in [0.5, 0.6) is 17.2 Å². The Hall–Kier alpha value is -2.87. The van der Waals surface area contributed by atoms with Gasteiger partial charge in [-0.2, -0.15) is 0 Å². The molecule has 3 rings (SSSR count). The van der Waals surface area contributed by atoms with Crippen molar-refractivity contribution in [2.24, 2.45) is 0 Å². The van der Waals surface area contributed by atoms with Crippen molar-refractivity contribution < 1.29 is 50.5 Å². The molecular formula is C21H22F3NO8S. The van der Waals surface area contributed by atoms with Crippen LogP contribution >= 0.6 is 0 Å². The highest BCUT2D eigenvalue weighted by molar-refractivity contribution is 7.91. The number of sulfone groups is 1. The van der Waals surface area contributed by atoms with Crippen LogP contribution in [0.2, 0.25) is 0 Å². The fourth-order valence-corrected chi connectivity index (χ4v) is 4.78. The summed E-state index contributed by atoms with van der Waals surface area (Å²) < 4.78 is 82.8. The summed E-state index contributed by atoms with van der Waals surface area (Å²) in [5.74, 6) is -1.61. The predicted octanol–water partition coefficient (Wildman–Crippen LogP) is 3.52. The molecule has 2 aromatic rings. The lowest BCUT2D eigenvalue weighted by Crippen LogP contribution is -2.47. The fourth-order valence-electron chi connectivity index (χ4n) is 3.22. The van der Waals surface area contributed by atoms with Crippen molar-refractivity contribution in [3.8, 4) is 17.2 Å². The Kier molecular flexibility index (Phi) is 7.41. The first-order valence-electron chi connectivity index (χ1n) is 9.89. The first kappa shape index (κ1) is 25.7. The number of amides is 1. The number of carbonyl (C=O) groups excluding carboxylic acids is 1. The van der Waals surface area contributed by atoms with Crippen LogP contribution in [-0.2, 0) is 24.1 Å². The minimum absolute atomic E-state index is 0.0162. The lowest BCUT2D eigenvalue weighted by atomic mass is 10.2. The highest BCUT2D eigenvalue weighted by atomic mass is 32.2. The summed E-state index contributed by atoms with van der Waals surface area (Å²) in [6.45, 7) is 3.23. The number of halogens is 3. The summed E-state index contributed by atoms with van der Waals surface area (Å²) in [4.78, 5) is 11.0. The number of hydroxylamine groups is 2. The third-order valence-electron chi connectivity index (χ3n) is 4.77. The number of nitrogens with zero attached hydrogens (tertiary/aromatic N) is 1. The van der Waals surface area contributed by atoms with Gasteiger partial charge in [0.1, 0.15) is 29.4 Å². The van der Waals surface area contributed by atoms with Crippen LogP contribution < -0.4 is 9.47 Å². The van der Waals surface area contributed by atoms with Crippen LogP contribution in [-0.4, -0.2) is 61.8 Å². The van der Waals surface area contributed by atoms with E-state index in [1.807, 2.05) is 0 Å². The molecule has 2 aromatic carbocycles. The van der Waals surface area contributed by atoms with E-state index < -0.39 is 45.6 Å². The molecule has 1 N–H and O–H groups in total. The quantitative estimate of drug-likeness (QED) is 0.313. The first-order valence-corrected chi connectivity index (χ1v) is 11.5. The molecule has 1 aliphatic heterocycles. The zero-order chi connectivity index (χ0) is 25.1. The molecule has 13 heteroatoms. The number of rotatable bonds is 9. The highest BCUT2D eigenvalue weighted by Crippen LogP contribution is 2.30. The second-order valence-electron chi connectivity index (χ2n) is 7.79. The van der Waals surface area contributed by atoms with Gasteiger partial charge >= 0.3 is 6.36 Å². The third kappa shape index (κ3) is 6.82. The van der Waals surface area contributed by atoms with Crippen LogP contribution in [0, 0.1) is 0 Å². The van der Waals surface area contributed by atoms with E-state index in [1.165, 1.54) is 36.4 Å². The van der Waals surface area contributed by atoms with Crippen molar-refractivity contribution in [3.63, 3.8) is 0 Å². The van der Waals surface area contributed by atoms with E-state index in [0.717, 1.165) is 12.1 Å². The lowest BCUT2D eigenvalue weighted by molar-refractivity contribution is -0.274. The molecule has 1 amide bonds. The number of alkyl halides is 3. The molecule has 1 fully saturated rings. The van der Waals surface area contributed by atoms with E-state index >= 15 is 0 Å². The highest BCUT2D eigenvalue weighted by Gasteiger charge is 2.42. The molecule has 0 radical (unpaired) electrons. The molecule has 2 unspecified atom stereocenters. The van der Waals surface area contributed by atoms with Crippen LogP contribution in [0.3, 0.4) is 0 Å². The number of benzene rings is 2. The molecule has 1 aliphatic rings. The van der Waals surface area contributed by atoms with E-state index in [2.05, 4.69) is 4.74 Å². The zero-order valence-electron chi connectivity index (χ0n) is 18.1. The summed E-state index contributed by atoms with van der Waals surface area (Å²) in [5, 5.41) is 10.2. The van der Waals surface area contributed by atoms with E-state index in [0.29, 0.717) is 0 Å². The van der Waals surface area contributed by atoms with E-state index in [1.54, 1.807) is 13.8 Å². The Balaban J connectivity index is 1.69. The number of hydrogen-bond donors (Lipinski definition) is 1. The van der Waals surface area contributed by atoms with Gasteiger partial charge in [-0.1, -0.05) is 0 Å². The van der Waals surface area contributed by atoms with Crippen molar-refractivity contribution >= 4 is 16.2 Å². The molecule has 0 aliphatic carbocycles. The van der Waals surface area contributed by atoms with Gasteiger partial charge < -0.3 is 18.9 Å². The zero-order valence-corrected chi connectivity index (χ0v) is 18.9. The van der Waals surface area contributed by atoms with Gasteiger partial charge in [0.05, 0.1) is 17.3 Å².